The van der Waals surface area contributed by atoms with Crippen LogP contribution in [0.1, 0.15) is 16.7 Å². The Kier molecular flexibility index (Phi) is 4.66. The Labute approximate surface area is 130 Å². The van der Waals surface area contributed by atoms with Crippen LogP contribution in [0, 0.1) is 13.8 Å². The van der Waals surface area contributed by atoms with E-state index in [9.17, 15) is 8.42 Å². The largest absolute Gasteiger partial charge is 0.264 e. The van der Waals surface area contributed by atoms with Crippen molar-refractivity contribution in [3.63, 3.8) is 0 Å². The van der Waals surface area contributed by atoms with Gasteiger partial charge in [-0.3, -0.25) is 4.98 Å². The van der Waals surface area contributed by atoms with Gasteiger partial charge < -0.3 is 0 Å². The molecule has 0 atom stereocenters. The lowest BCUT2D eigenvalue weighted by Gasteiger charge is -2.19. The summed E-state index contributed by atoms with van der Waals surface area (Å²) < 4.78 is 26.7. The lowest BCUT2D eigenvalue weighted by Crippen LogP contribution is -2.27. The Morgan fingerprint density at radius 2 is 1.95 bits per heavy atom. The van der Waals surface area contributed by atoms with Crippen LogP contribution in [0.4, 0.5) is 0 Å². The molecule has 0 spiro atoms. The summed E-state index contributed by atoms with van der Waals surface area (Å²) in [5, 5.41) is 0.571. The zero-order valence-corrected chi connectivity index (χ0v) is 13.7. The molecule has 1 aromatic heterocycles. The molecule has 112 valence electrons. The highest BCUT2D eigenvalue weighted by Gasteiger charge is 2.23. The minimum Gasteiger partial charge on any atom is -0.264 e. The molecule has 6 heteroatoms. The van der Waals surface area contributed by atoms with Crippen LogP contribution in [0.5, 0.6) is 0 Å². The average Bonchev–Trinajstić information content (AvgIpc) is 2.43. The lowest BCUT2D eigenvalue weighted by molar-refractivity contribution is 0.465. The number of halogens is 1. The molecule has 1 aromatic carbocycles. The fourth-order valence-corrected chi connectivity index (χ4v) is 3.70. The van der Waals surface area contributed by atoms with Gasteiger partial charge in [0.2, 0.25) is 10.0 Å². The summed E-state index contributed by atoms with van der Waals surface area (Å²) in [6, 6.07) is 6.93. The number of aryl methyl sites for hydroxylation is 2. The van der Waals surface area contributed by atoms with Crippen molar-refractivity contribution in [2.24, 2.45) is 0 Å². The third-order valence-electron chi connectivity index (χ3n) is 3.27. The number of hydrogen-bond donors (Lipinski definition) is 0. The minimum absolute atomic E-state index is 0.275. The summed E-state index contributed by atoms with van der Waals surface area (Å²) in [7, 11) is -2.00. The van der Waals surface area contributed by atoms with Crippen LogP contribution in [0.3, 0.4) is 0 Å². The standard InChI is InChI=1S/C15H17ClN2O2S/c1-11-8-15(12(2)7-14(11)16)21(19,20)18(3)10-13-5-4-6-17-9-13/h4-9H,10H2,1-3H3. The number of sulfonamides is 1. The van der Waals surface area contributed by atoms with Crippen molar-refractivity contribution in [2.45, 2.75) is 25.3 Å². The number of hydrogen-bond acceptors (Lipinski definition) is 3. The van der Waals surface area contributed by atoms with E-state index in [-0.39, 0.29) is 11.4 Å². The summed E-state index contributed by atoms with van der Waals surface area (Å²) in [5.41, 5.74) is 2.23. The van der Waals surface area contributed by atoms with Crippen LogP contribution >= 0.6 is 11.6 Å². The molecule has 2 aromatic rings. The first-order valence-corrected chi connectivity index (χ1v) is 8.26. The Morgan fingerprint density at radius 1 is 1.24 bits per heavy atom. The zero-order chi connectivity index (χ0) is 15.6. The van der Waals surface area contributed by atoms with E-state index >= 15 is 0 Å². The van der Waals surface area contributed by atoms with Gasteiger partial charge in [-0.15, -0.1) is 0 Å². The van der Waals surface area contributed by atoms with E-state index in [1.807, 2.05) is 6.07 Å². The molecule has 21 heavy (non-hydrogen) atoms. The number of rotatable bonds is 4. The highest BCUT2D eigenvalue weighted by Crippen LogP contribution is 2.26. The van der Waals surface area contributed by atoms with Gasteiger partial charge in [-0.05, 0) is 48.7 Å². The molecule has 0 aliphatic heterocycles. The van der Waals surface area contributed by atoms with Crippen LogP contribution in [0.15, 0.2) is 41.6 Å². The zero-order valence-electron chi connectivity index (χ0n) is 12.2. The fourth-order valence-electron chi connectivity index (χ4n) is 2.03. The molecule has 0 unspecified atom stereocenters. The number of benzene rings is 1. The molecule has 0 saturated carbocycles. The van der Waals surface area contributed by atoms with Gasteiger partial charge in [0.25, 0.3) is 0 Å². The van der Waals surface area contributed by atoms with E-state index in [1.54, 1.807) is 51.5 Å². The normalized spacial score (nSPS) is 11.9. The molecule has 2 rings (SSSR count). The predicted octanol–water partition coefficient (Wildman–Crippen LogP) is 3.17. The molecule has 0 aliphatic rings. The van der Waals surface area contributed by atoms with Crippen LogP contribution in [0.25, 0.3) is 0 Å². The highest BCUT2D eigenvalue weighted by atomic mass is 35.5. The van der Waals surface area contributed by atoms with Crippen molar-refractivity contribution in [3.8, 4) is 0 Å². The van der Waals surface area contributed by atoms with Crippen molar-refractivity contribution in [2.75, 3.05) is 7.05 Å². The van der Waals surface area contributed by atoms with Gasteiger partial charge in [0.1, 0.15) is 0 Å². The summed E-state index contributed by atoms with van der Waals surface area (Å²) in [6.07, 6.45) is 3.32. The van der Waals surface area contributed by atoms with E-state index in [0.29, 0.717) is 10.6 Å². The number of pyridine rings is 1. The molecule has 0 fully saturated rings. The maximum atomic E-state index is 12.7. The average molecular weight is 325 g/mol. The van der Waals surface area contributed by atoms with Gasteiger partial charge in [0.05, 0.1) is 4.90 Å². The second kappa shape index (κ2) is 6.13. The summed E-state index contributed by atoms with van der Waals surface area (Å²) in [6.45, 7) is 3.81. The lowest BCUT2D eigenvalue weighted by atomic mass is 10.2. The van der Waals surface area contributed by atoms with Gasteiger partial charge in [0.15, 0.2) is 0 Å². The van der Waals surface area contributed by atoms with E-state index in [4.69, 9.17) is 11.6 Å². The molecule has 4 nitrogen and oxygen atoms in total. The topological polar surface area (TPSA) is 50.3 Å². The van der Waals surface area contributed by atoms with E-state index in [1.165, 1.54) is 4.31 Å². The molecule has 0 radical (unpaired) electrons. The Bertz CT molecular complexity index is 746. The highest BCUT2D eigenvalue weighted by molar-refractivity contribution is 7.89. The second-order valence-electron chi connectivity index (χ2n) is 4.99. The summed E-state index contributed by atoms with van der Waals surface area (Å²) >= 11 is 6.03. The summed E-state index contributed by atoms with van der Waals surface area (Å²) in [4.78, 5) is 4.28. The molecular weight excluding hydrogens is 308 g/mol. The van der Waals surface area contributed by atoms with E-state index < -0.39 is 10.0 Å². The Balaban J connectivity index is 2.36. The van der Waals surface area contributed by atoms with Crippen molar-refractivity contribution >= 4 is 21.6 Å². The van der Waals surface area contributed by atoms with Crippen molar-refractivity contribution in [3.05, 3.63) is 58.4 Å². The van der Waals surface area contributed by atoms with Gasteiger partial charge >= 0.3 is 0 Å². The molecule has 1 heterocycles. The van der Waals surface area contributed by atoms with Crippen molar-refractivity contribution in [1.82, 2.24) is 9.29 Å². The molecular formula is C15H17ClN2O2S. The van der Waals surface area contributed by atoms with Crippen LogP contribution in [-0.2, 0) is 16.6 Å². The first-order chi connectivity index (χ1) is 9.82. The third kappa shape index (κ3) is 3.43. The van der Waals surface area contributed by atoms with Crippen LogP contribution < -0.4 is 0 Å². The van der Waals surface area contributed by atoms with Gasteiger partial charge in [-0.2, -0.15) is 4.31 Å². The first kappa shape index (κ1) is 15.9. The van der Waals surface area contributed by atoms with E-state index in [2.05, 4.69) is 4.98 Å². The molecule has 0 amide bonds. The monoisotopic (exact) mass is 324 g/mol. The van der Waals surface area contributed by atoms with Gasteiger partial charge in [0, 0.05) is 31.0 Å². The van der Waals surface area contributed by atoms with Gasteiger partial charge in [-0.1, -0.05) is 17.7 Å². The smallest absolute Gasteiger partial charge is 0.243 e. The Hall–Kier alpha value is -1.43. The third-order valence-corrected chi connectivity index (χ3v) is 5.63. The maximum Gasteiger partial charge on any atom is 0.243 e. The molecule has 0 bridgehead atoms. The molecule has 0 aliphatic carbocycles. The maximum absolute atomic E-state index is 12.7. The van der Waals surface area contributed by atoms with Crippen LogP contribution in [-0.4, -0.2) is 24.8 Å². The SMILES string of the molecule is Cc1cc(S(=O)(=O)N(C)Cc2cccnc2)c(C)cc1Cl. The molecule has 0 saturated heterocycles. The van der Waals surface area contributed by atoms with Crippen LogP contribution in [0.2, 0.25) is 5.02 Å². The number of nitrogens with zero attached hydrogens (tertiary/aromatic N) is 2. The van der Waals surface area contributed by atoms with E-state index in [0.717, 1.165) is 11.1 Å². The Morgan fingerprint density at radius 3 is 2.57 bits per heavy atom. The summed E-state index contributed by atoms with van der Waals surface area (Å²) in [5.74, 6) is 0. The first-order valence-electron chi connectivity index (χ1n) is 6.44. The molecule has 0 N–H and O–H groups in total. The quantitative estimate of drug-likeness (QED) is 0.868. The van der Waals surface area contributed by atoms with Crippen molar-refractivity contribution < 1.29 is 8.42 Å². The number of aromatic nitrogens is 1. The fraction of sp³-hybridized carbons (Fsp3) is 0.267. The van der Waals surface area contributed by atoms with Crippen molar-refractivity contribution in [1.29, 1.82) is 0 Å². The van der Waals surface area contributed by atoms with Gasteiger partial charge in [-0.25, -0.2) is 8.42 Å². The predicted molar refractivity (Wildman–Crippen MR) is 83.8 cm³/mol. The second-order valence-corrected chi connectivity index (χ2v) is 7.41. The minimum atomic E-state index is -3.56.